The normalized spacial score (nSPS) is 11.2. The Bertz CT molecular complexity index is 991. The first-order valence-electron chi connectivity index (χ1n) is 7.10. The average molecular weight is 368 g/mol. The first kappa shape index (κ1) is 13.8. The molecular weight excluding hydrogens is 356 g/mol. The molecule has 0 aliphatic heterocycles. The molecule has 0 aliphatic rings. The minimum Gasteiger partial charge on any atom is -0.0843 e. The SMILES string of the molecule is Clc1ccc2c(c1)c(-c1ccccc1)c(Br)c1ccccc12. The molecule has 0 saturated carbocycles. The zero-order valence-electron chi connectivity index (χ0n) is 11.7. The third-order valence-corrected chi connectivity index (χ3v) is 5.05. The van der Waals surface area contributed by atoms with Crippen molar-refractivity contribution in [3.05, 3.63) is 82.3 Å². The fraction of sp³-hybridized carbons (Fsp3) is 0. The Kier molecular flexibility index (Phi) is 3.40. The minimum atomic E-state index is 0.756. The molecule has 4 rings (SSSR count). The molecular formula is C20H12BrCl. The van der Waals surface area contributed by atoms with Crippen LogP contribution in [0.1, 0.15) is 0 Å². The molecule has 0 amide bonds. The van der Waals surface area contributed by atoms with Gasteiger partial charge in [-0.05, 0) is 55.2 Å². The van der Waals surface area contributed by atoms with E-state index in [4.69, 9.17) is 11.6 Å². The van der Waals surface area contributed by atoms with Gasteiger partial charge in [0.25, 0.3) is 0 Å². The Morgan fingerprint density at radius 2 is 1.27 bits per heavy atom. The van der Waals surface area contributed by atoms with Crippen LogP contribution in [0.15, 0.2) is 77.3 Å². The van der Waals surface area contributed by atoms with Crippen molar-refractivity contribution in [1.82, 2.24) is 0 Å². The molecule has 0 radical (unpaired) electrons. The first-order valence-corrected chi connectivity index (χ1v) is 8.27. The lowest BCUT2D eigenvalue weighted by atomic mass is 9.93. The highest BCUT2D eigenvalue weighted by molar-refractivity contribution is 9.10. The van der Waals surface area contributed by atoms with Gasteiger partial charge in [-0.1, -0.05) is 72.3 Å². The highest BCUT2D eigenvalue weighted by Gasteiger charge is 2.14. The molecule has 0 nitrogen and oxygen atoms in total. The van der Waals surface area contributed by atoms with Gasteiger partial charge in [0.1, 0.15) is 0 Å². The van der Waals surface area contributed by atoms with Crippen molar-refractivity contribution in [2.45, 2.75) is 0 Å². The Balaban J connectivity index is 2.26. The third-order valence-electron chi connectivity index (χ3n) is 3.99. The molecule has 106 valence electrons. The molecule has 0 aromatic heterocycles. The summed E-state index contributed by atoms with van der Waals surface area (Å²) in [5, 5.41) is 5.61. The van der Waals surface area contributed by atoms with Crippen molar-refractivity contribution >= 4 is 49.1 Å². The Morgan fingerprint density at radius 3 is 2.05 bits per heavy atom. The van der Waals surface area contributed by atoms with Gasteiger partial charge in [0, 0.05) is 15.1 Å². The summed E-state index contributed by atoms with van der Waals surface area (Å²) >= 11 is 10.1. The van der Waals surface area contributed by atoms with Gasteiger partial charge in [0.05, 0.1) is 0 Å². The Morgan fingerprint density at radius 1 is 0.636 bits per heavy atom. The predicted molar refractivity (Wildman–Crippen MR) is 99.6 cm³/mol. The lowest BCUT2D eigenvalue weighted by Crippen LogP contribution is -1.87. The zero-order valence-corrected chi connectivity index (χ0v) is 14.0. The summed E-state index contributed by atoms with van der Waals surface area (Å²) in [5.74, 6) is 0. The van der Waals surface area contributed by atoms with Crippen molar-refractivity contribution in [3.63, 3.8) is 0 Å². The van der Waals surface area contributed by atoms with E-state index >= 15 is 0 Å². The molecule has 0 aliphatic carbocycles. The fourth-order valence-electron chi connectivity index (χ4n) is 3.01. The summed E-state index contributed by atoms with van der Waals surface area (Å²) in [4.78, 5) is 0. The number of halogens is 2. The van der Waals surface area contributed by atoms with Gasteiger partial charge in [-0.25, -0.2) is 0 Å². The maximum Gasteiger partial charge on any atom is 0.0412 e. The van der Waals surface area contributed by atoms with E-state index in [1.54, 1.807) is 0 Å². The van der Waals surface area contributed by atoms with Crippen LogP contribution >= 0.6 is 27.5 Å². The monoisotopic (exact) mass is 366 g/mol. The van der Waals surface area contributed by atoms with E-state index in [0.717, 1.165) is 9.50 Å². The zero-order chi connectivity index (χ0) is 15.1. The van der Waals surface area contributed by atoms with Crippen molar-refractivity contribution in [3.8, 4) is 11.1 Å². The molecule has 0 heterocycles. The molecule has 0 fully saturated rings. The lowest BCUT2D eigenvalue weighted by Gasteiger charge is -2.14. The van der Waals surface area contributed by atoms with Crippen LogP contribution in [0.25, 0.3) is 32.7 Å². The van der Waals surface area contributed by atoms with Crippen LogP contribution in [-0.2, 0) is 0 Å². The number of benzene rings is 4. The van der Waals surface area contributed by atoms with Gasteiger partial charge in [-0.2, -0.15) is 0 Å². The summed E-state index contributed by atoms with van der Waals surface area (Å²) in [7, 11) is 0. The molecule has 4 aromatic carbocycles. The second-order valence-corrected chi connectivity index (χ2v) is 6.52. The second-order valence-electron chi connectivity index (χ2n) is 5.29. The van der Waals surface area contributed by atoms with Gasteiger partial charge in [-0.15, -0.1) is 0 Å². The van der Waals surface area contributed by atoms with Crippen LogP contribution in [0.4, 0.5) is 0 Å². The van der Waals surface area contributed by atoms with Crippen molar-refractivity contribution in [2.24, 2.45) is 0 Å². The quantitative estimate of drug-likeness (QED) is 0.315. The minimum absolute atomic E-state index is 0.756. The van der Waals surface area contributed by atoms with E-state index in [1.165, 1.54) is 32.7 Å². The summed E-state index contributed by atoms with van der Waals surface area (Å²) in [6, 6.07) is 25.0. The van der Waals surface area contributed by atoms with Crippen LogP contribution in [0.3, 0.4) is 0 Å². The van der Waals surface area contributed by atoms with E-state index in [9.17, 15) is 0 Å². The summed E-state index contributed by atoms with van der Waals surface area (Å²) < 4.78 is 1.11. The molecule has 0 unspecified atom stereocenters. The van der Waals surface area contributed by atoms with Crippen LogP contribution in [-0.4, -0.2) is 0 Å². The van der Waals surface area contributed by atoms with Crippen molar-refractivity contribution < 1.29 is 0 Å². The third kappa shape index (κ3) is 2.13. The van der Waals surface area contributed by atoms with E-state index in [2.05, 4.69) is 76.6 Å². The maximum absolute atomic E-state index is 6.27. The highest BCUT2D eigenvalue weighted by atomic mass is 79.9. The first-order chi connectivity index (χ1) is 10.8. The largest absolute Gasteiger partial charge is 0.0843 e. The van der Waals surface area contributed by atoms with Crippen molar-refractivity contribution in [1.29, 1.82) is 0 Å². The van der Waals surface area contributed by atoms with E-state index in [1.807, 2.05) is 12.1 Å². The topological polar surface area (TPSA) is 0 Å². The number of rotatable bonds is 1. The average Bonchev–Trinajstić information content (AvgIpc) is 2.56. The van der Waals surface area contributed by atoms with E-state index in [0.29, 0.717) is 0 Å². The fourth-order valence-corrected chi connectivity index (χ4v) is 3.97. The summed E-state index contributed by atoms with van der Waals surface area (Å²) in [6.45, 7) is 0. The highest BCUT2D eigenvalue weighted by Crippen LogP contribution is 2.42. The van der Waals surface area contributed by atoms with Crippen LogP contribution < -0.4 is 0 Å². The van der Waals surface area contributed by atoms with Gasteiger partial charge in [0.15, 0.2) is 0 Å². The van der Waals surface area contributed by atoms with Gasteiger partial charge >= 0.3 is 0 Å². The molecule has 0 N–H and O–H groups in total. The molecule has 0 spiro atoms. The van der Waals surface area contributed by atoms with Crippen LogP contribution in [0.5, 0.6) is 0 Å². The maximum atomic E-state index is 6.27. The second kappa shape index (κ2) is 5.42. The van der Waals surface area contributed by atoms with Gasteiger partial charge < -0.3 is 0 Å². The van der Waals surface area contributed by atoms with Crippen LogP contribution in [0.2, 0.25) is 5.02 Å². The van der Waals surface area contributed by atoms with Crippen molar-refractivity contribution in [2.75, 3.05) is 0 Å². The summed E-state index contributed by atoms with van der Waals surface area (Å²) in [6.07, 6.45) is 0. The van der Waals surface area contributed by atoms with Crippen LogP contribution in [0, 0.1) is 0 Å². The standard InChI is InChI=1S/C20H12BrCl/c21-20-17-9-5-4-8-15(17)16-11-10-14(22)12-18(16)19(20)13-6-2-1-3-7-13/h1-12H. The number of fused-ring (bicyclic) bond motifs is 3. The molecule has 0 atom stereocenters. The van der Waals surface area contributed by atoms with E-state index in [-0.39, 0.29) is 0 Å². The number of hydrogen-bond acceptors (Lipinski definition) is 0. The summed E-state index contributed by atoms with van der Waals surface area (Å²) in [5.41, 5.74) is 2.38. The molecule has 22 heavy (non-hydrogen) atoms. The Hall–Kier alpha value is -1.83. The number of hydrogen-bond donors (Lipinski definition) is 0. The lowest BCUT2D eigenvalue weighted by molar-refractivity contribution is 1.64. The Labute approximate surface area is 142 Å². The molecule has 2 heteroatoms. The van der Waals surface area contributed by atoms with E-state index < -0.39 is 0 Å². The molecule has 0 bridgehead atoms. The molecule has 4 aromatic rings. The smallest absolute Gasteiger partial charge is 0.0412 e. The predicted octanol–water partition coefficient (Wildman–Crippen LogP) is 7.08. The molecule has 0 saturated heterocycles. The van der Waals surface area contributed by atoms with Gasteiger partial charge in [-0.3, -0.25) is 0 Å². The van der Waals surface area contributed by atoms with Gasteiger partial charge in [0.2, 0.25) is 0 Å².